The summed E-state index contributed by atoms with van der Waals surface area (Å²) in [7, 11) is 0. The molecule has 0 saturated heterocycles. The van der Waals surface area contributed by atoms with Crippen molar-refractivity contribution in [1.29, 1.82) is 0 Å². The van der Waals surface area contributed by atoms with E-state index in [0.717, 1.165) is 15.6 Å². The molecule has 0 amide bonds. The predicted molar refractivity (Wildman–Crippen MR) is 73.4 cm³/mol. The fraction of sp³-hybridized carbons (Fsp3) is 0.154. The van der Waals surface area contributed by atoms with Crippen LogP contribution in [0.2, 0.25) is 0 Å². The molecule has 0 bridgehead atoms. The molecule has 0 aliphatic carbocycles. The van der Waals surface area contributed by atoms with Gasteiger partial charge >= 0.3 is 0 Å². The van der Waals surface area contributed by atoms with Gasteiger partial charge in [-0.2, -0.15) is 4.68 Å². The molecule has 0 atom stereocenters. The van der Waals surface area contributed by atoms with E-state index in [0.29, 0.717) is 17.6 Å². The lowest BCUT2D eigenvalue weighted by Gasteiger charge is -1.97. The standard InChI is InChI=1S/C13H12N4O2/c1-2-19-8-15-17-7-14-11-9-5-3-4-6-10(9)16-12(11)13(17)18/h3-8,16H,2H2,1H3/b15-8+. The van der Waals surface area contributed by atoms with Crippen LogP contribution >= 0.6 is 0 Å². The molecule has 0 saturated carbocycles. The minimum atomic E-state index is -0.253. The van der Waals surface area contributed by atoms with Crippen LogP contribution in [0.3, 0.4) is 0 Å². The maximum Gasteiger partial charge on any atom is 0.298 e. The first-order chi connectivity index (χ1) is 9.31. The molecule has 0 aliphatic rings. The Hall–Kier alpha value is -2.63. The number of hydrogen-bond donors (Lipinski definition) is 1. The summed E-state index contributed by atoms with van der Waals surface area (Å²) in [5, 5.41) is 4.82. The van der Waals surface area contributed by atoms with Gasteiger partial charge in [-0.3, -0.25) is 4.79 Å². The Morgan fingerprint density at radius 3 is 3.16 bits per heavy atom. The maximum atomic E-state index is 12.2. The molecule has 19 heavy (non-hydrogen) atoms. The molecule has 0 unspecified atom stereocenters. The van der Waals surface area contributed by atoms with Gasteiger partial charge in [0.1, 0.15) is 17.4 Å². The molecule has 6 heteroatoms. The van der Waals surface area contributed by atoms with E-state index < -0.39 is 0 Å². The highest BCUT2D eigenvalue weighted by Crippen LogP contribution is 2.20. The van der Waals surface area contributed by atoms with Gasteiger partial charge in [0.2, 0.25) is 0 Å². The molecule has 2 aromatic heterocycles. The molecule has 0 aliphatic heterocycles. The molecule has 3 rings (SSSR count). The highest BCUT2D eigenvalue weighted by molar-refractivity contribution is 6.04. The van der Waals surface area contributed by atoms with Crippen molar-refractivity contribution < 1.29 is 4.74 Å². The molecule has 0 fully saturated rings. The molecular formula is C13H12N4O2. The van der Waals surface area contributed by atoms with E-state index in [-0.39, 0.29) is 5.56 Å². The average Bonchev–Trinajstić information content (AvgIpc) is 2.81. The smallest absolute Gasteiger partial charge is 0.298 e. The minimum absolute atomic E-state index is 0.253. The molecule has 1 N–H and O–H groups in total. The number of nitrogens with zero attached hydrogens (tertiary/aromatic N) is 3. The summed E-state index contributed by atoms with van der Waals surface area (Å²) in [6, 6.07) is 7.65. The Morgan fingerprint density at radius 1 is 1.47 bits per heavy atom. The lowest BCUT2D eigenvalue weighted by atomic mass is 10.2. The van der Waals surface area contributed by atoms with E-state index in [9.17, 15) is 4.79 Å². The minimum Gasteiger partial charge on any atom is -0.482 e. The summed E-state index contributed by atoms with van der Waals surface area (Å²) in [6.07, 6.45) is 2.62. The monoisotopic (exact) mass is 256 g/mol. The molecule has 0 radical (unpaired) electrons. The second-order valence-corrected chi connectivity index (χ2v) is 3.96. The Bertz CT molecular complexity index is 816. The van der Waals surface area contributed by atoms with Crippen LogP contribution in [0.15, 0.2) is 40.5 Å². The van der Waals surface area contributed by atoms with Crippen LogP contribution in [0.5, 0.6) is 0 Å². The Labute approximate surface area is 108 Å². The average molecular weight is 256 g/mol. The number of para-hydroxylation sites is 1. The SMILES string of the molecule is CCO/C=N/n1cnc2c([nH]c3ccccc32)c1=O. The second kappa shape index (κ2) is 4.56. The largest absolute Gasteiger partial charge is 0.482 e. The Morgan fingerprint density at radius 2 is 2.32 bits per heavy atom. The molecule has 1 aromatic carbocycles. The number of rotatable bonds is 3. The van der Waals surface area contributed by atoms with Crippen molar-refractivity contribution in [1.82, 2.24) is 14.6 Å². The van der Waals surface area contributed by atoms with E-state index in [2.05, 4.69) is 15.1 Å². The summed E-state index contributed by atoms with van der Waals surface area (Å²) in [5.74, 6) is 0. The van der Waals surface area contributed by atoms with Gasteiger partial charge in [-0.1, -0.05) is 18.2 Å². The van der Waals surface area contributed by atoms with E-state index in [1.165, 1.54) is 12.7 Å². The van der Waals surface area contributed by atoms with Gasteiger partial charge in [0.25, 0.3) is 5.56 Å². The summed E-state index contributed by atoms with van der Waals surface area (Å²) in [5.41, 5.74) is 1.73. The zero-order valence-electron chi connectivity index (χ0n) is 10.3. The van der Waals surface area contributed by atoms with Crippen molar-refractivity contribution >= 4 is 28.3 Å². The van der Waals surface area contributed by atoms with Crippen LogP contribution in [0.4, 0.5) is 0 Å². The molecule has 3 aromatic rings. The van der Waals surface area contributed by atoms with Crippen LogP contribution in [0.1, 0.15) is 6.92 Å². The molecule has 96 valence electrons. The maximum absolute atomic E-state index is 12.2. The molecule has 6 nitrogen and oxygen atoms in total. The quantitative estimate of drug-likeness (QED) is 0.572. The van der Waals surface area contributed by atoms with Crippen LogP contribution < -0.4 is 5.56 Å². The fourth-order valence-electron chi connectivity index (χ4n) is 1.94. The number of benzene rings is 1. The van der Waals surface area contributed by atoms with Gasteiger partial charge in [0.15, 0.2) is 6.40 Å². The van der Waals surface area contributed by atoms with Gasteiger partial charge in [0, 0.05) is 10.9 Å². The fourth-order valence-corrected chi connectivity index (χ4v) is 1.94. The zero-order valence-corrected chi connectivity index (χ0v) is 10.3. The van der Waals surface area contributed by atoms with Crippen molar-refractivity contribution in [2.75, 3.05) is 6.61 Å². The lowest BCUT2D eigenvalue weighted by Crippen LogP contribution is -2.17. The van der Waals surface area contributed by atoms with Crippen LogP contribution in [-0.2, 0) is 4.74 Å². The number of aromatic amines is 1. The first-order valence-electron chi connectivity index (χ1n) is 5.93. The van der Waals surface area contributed by atoms with Crippen molar-refractivity contribution in [2.24, 2.45) is 5.10 Å². The van der Waals surface area contributed by atoms with Crippen molar-refractivity contribution in [3.05, 3.63) is 40.9 Å². The number of H-pyrrole nitrogens is 1. The van der Waals surface area contributed by atoms with Gasteiger partial charge in [-0.05, 0) is 13.0 Å². The third kappa shape index (κ3) is 1.87. The molecule has 2 heterocycles. The van der Waals surface area contributed by atoms with Crippen molar-refractivity contribution in [3.8, 4) is 0 Å². The number of nitrogens with one attached hydrogen (secondary N) is 1. The summed E-state index contributed by atoms with van der Waals surface area (Å²) in [6.45, 7) is 2.34. The summed E-state index contributed by atoms with van der Waals surface area (Å²) >= 11 is 0. The third-order valence-corrected chi connectivity index (χ3v) is 2.81. The highest BCUT2D eigenvalue weighted by Gasteiger charge is 2.09. The summed E-state index contributed by atoms with van der Waals surface area (Å²) in [4.78, 5) is 19.6. The van der Waals surface area contributed by atoms with E-state index in [4.69, 9.17) is 4.74 Å². The number of aromatic nitrogens is 3. The predicted octanol–water partition coefficient (Wildman–Crippen LogP) is 1.71. The zero-order chi connectivity index (χ0) is 13.2. The lowest BCUT2D eigenvalue weighted by molar-refractivity contribution is 0.340. The number of hydrogen-bond acceptors (Lipinski definition) is 4. The van der Waals surface area contributed by atoms with Crippen LogP contribution in [-0.4, -0.2) is 27.7 Å². The topological polar surface area (TPSA) is 72.3 Å². The van der Waals surface area contributed by atoms with E-state index >= 15 is 0 Å². The third-order valence-electron chi connectivity index (χ3n) is 2.81. The highest BCUT2D eigenvalue weighted by atomic mass is 16.5. The first kappa shape index (κ1) is 11.5. The van der Waals surface area contributed by atoms with E-state index in [1.807, 2.05) is 31.2 Å². The van der Waals surface area contributed by atoms with Crippen molar-refractivity contribution in [2.45, 2.75) is 6.92 Å². The number of fused-ring (bicyclic) bond motifs is 3. The van der Waals surface area contributed by atoms with Crippen molar-refractivity contribution in [3.63, 3.8) is 0 Å². The van der Waals surface area contributed by atoms with Gasteiger partial charge in [-0.15, -0.1) is 5.10 Å². The first-order valence-corrected chi connectivity index (χ1v) is 5.93. The second-order valence-electron chi connectivity index (χ2n) is 3.96. The van der Waals surface area contributed by atoms with Gasteiger partial charge in [-0.25, -0.2) is 4.98 Å². The Balaban J connectivity index is 2.22. The van der Waals surface area contributed by atoms with E-state index in [1.54, 1.807) is 0 Å². The molecule has 0 spiro atoms. The normalized spacial score (nSPS) is 11.6. The Kier molecular flexibility index (Phi) is 2.75. The van der Waals surface area contributed by atoms with Gasteiger partial charge < -0.3 is 9.72 Å². The molecular weight excluding hydrogens is 244 g/mol. The summed E-state index contributed by atoms with van der Waals surface area (Å²) < 4.78 is 6.12. The van der Waals surface area contributed by atoms with Crippen LogP contribution in [0.25, 0.3) is 21.9 Å². The van der Waals surface area contributed by atoms with Crippen LogP contribution in [0, 0.1) is 0 Å². The number of ether oxygens (including phenoxy) is 1. The van der Waals surface area contributed by atoms with Gasteiger partial charge in [0.05, 0.1) is 6.61 Å².